The topological polar surface area (TPSA) is 80.7 Å². The molecule has 1 rings (SSSR count). The number of aliphatic hydroxyl groups is 1. The van der Waals surface area contributed by atoms with Gasteiger partial charge in [-0.05, 0) is 44.9 Å². The third-order valence-corrected chi connectivity index (χ3v) is 5.19. The van der Waals surface area contributed by atoms with Gasteiger partial charge >= 0.3 is 5.97 Å². The van der Waals surface area contributed by atoms with E-state index in [9.17, 15) is 19.5 Å². The van der Waals surface area contributed by atoms with E-state index in [2.05, 4.69) is 23.8 Å². The molecule has 0 spiro atoms. The Balaban J connectivity index is 2.34. The summed E-state index contributed by atoms with van der Waals surface area (Å²) in [5.74, 6) is -0.764. The zero-order chi connectivity index (χ0) is 20.8. The van der Waals surface area contributed by atoms with Crippen molar-refractivity contribution in [3.05, 3.63) is 24.3 Å². The largest absolute Gasteiger partial charge is 0.464 e. The highest BCUT2D eigenvalue weighted by molar-refractivity contribution is 6.01. The third-order valence-electron chi connectivity index (χ3n) is 5.19. The summed E-state index contributed by atoms with van der Waals surface area (Å²) in [6.45, 7) is 3.96. The quantitative estimate of drug-likeness (QED) is 0.206. The number of rotatable bonds is 14. The standard InChI is InChI=1S/C23H36O5/c1-3-5-6-7-8-10-13-18-16-17-20(24)19(18)14-11-9-12-15-21(25)22(26)23(27)28-4-2/h9-11,13,18-19,22,26H,3-8,12,14-17H2,1-2H3/t18-,19+,22?/m0/s1. The van der Waals surface area contributed by atoms with Crippen LogP contribution in [0.2, 0.25) is 0 Å². The molecule has 0 saturated heterocycles. The molecule has 5 heteroatoms. The van der Waals surface area contributed by atoms with E-state index in [1.807, 2.05) is 12.2 Å². The Hall–Kier alpha value is -1.75. The monoisotopic (exact) mass is 392 g/mol. The molecule has 0 radical (unpaired) electrons. The van der Waals surface area contributed by atoms with Crippen LogP contribution in [0.4, 0.5) is 0 Å². The lowest BCUT2D eigenvalue weighted by Gasteiger charge is -2.12. The molecule has 1 aliphatic rings. The van der Waals surface area contributed by atoms with E-state index >= 15 is 0 Å². The number of ether oxygens (including phenoxy) is 1. The number of allylic oxidation sites excluding steroid dienone is 4. The van der Waals surface area contributed by atoms with E-state index in [1.165, 1.54) is 25.7 Å². The Morgan fingerprint density at radius 2 is 1.93 bits per heavy atom. The number of hydrogen-bond donors (Lipinski definition) is 1. The summed E-state index contributed by atoms with van der Waals surface area (Å²) in [7, 11) is 0. The van der Waals surface area contributed by atoms with Gasteiger partial charge in [0.05, 0.1) is 6.61 Å². The Morgan fingerprint density at radius 3 is 2.64 bits per heavy atom. The highest BCUT2D eigenvalue weighted by atomic mass is 16.5. The maximum atomic E-state index is 12.2. The first-order chi connectivity index (χ1) is 13.5. The fourth-order valence-electron chi connectivity index (χ4n) is 3.51. The van der Waals surface area contributed by atoms with E-state index in [0.717, 1.165) is 12.8 Å². The second kappa shape index (κ2) is 14.3. The number of esters is 1. The van der Waals surface area contributed by atoms with Crippen molar-refractivity contribution < 1.29 is 24.2 Å². The van der Waals surface area contributed by atoms with Crippen molar-refractivity contribution in [1.29, 1.82) is 0 Å². The molecule has 28 heavy (non-hydrogen) atoms. The molecule has 0 bridgehead atoms. The molecular formula is C23H36O5. The van der Waals surface area contributed by atoms with Gasteiger partial charge in [0.1, 0.15) is 5.78 Å². The molecule has 1 fully saturated rings. The van der Waals surface area contributed by atoms with Crippen molar-refractivity contribution >= 4 is 17.5 Å². The lowest BCUT2D eigenvalue weighted by molar-refractivity contribution is -0.157. The van der Waals surface area contributed by atoms with Gasteiger partial charge in [-0.1, -0.05) is 50.5 Å². The molecule has 0 heterocycles. The number of carbonyl (C=O) groups excluding carboxylic acids is 3. The van der Waals surface area contributed by atoms with Gasteiger partial charge in [0, 0.05) is 18.8 Å². The molecule has 0 aliphatic heterocycles. The average Bonchev–Trinajstić information content (AvgIpc) is 3.03. The Kier molecular flexibility index (Phi) is 12.4. The minimum atomic E-state index is -1.70. The zero-order valence-corrected chi connectivity index (χ0v) is 17.4. The Labute approximate surface area is 169 Å². The molecule has 1 aliphatic carbocycles. The molecule has 1 N–H and O–H groups in total. The van der Waals surface area contributed by atoms with E-state index in [4.69, 9.17) is 0 Å². The average molecular weight is 393 g/mol. The van der Waals surface area contributed by atoms with Gasteiger partial charge in [0.2, 0.25) is 6.10 Å². The van der Waals surface area contributed by atoms with Crippen LogP contribution in [0.5, 0.6) is 0 Å². The molecule has 3 atom stereocenters. The minimum absolute atomic E-state index is 0.0314. The fraction of sp³-hybridized carbons (Fsp3) is 0.696. The molecule has 1 saturated carbocycles. The van der Waals surface area contributed by atoms with Gasteiger partial charge < -0.3 is 9.84 Å². The predicted molar refractivity (Wildman–Crippen MR) is 110 cm³/mol. The van der Waals surface area contributed by atoms with Crippen molar-refractivity contribution in [3.63, 3.8) is 0 Å². The number of ketones is 2. The molecule has 0 aromatic carbocycles. The van der Waals surface area contributed by atoms with Gasteiger partial charge in [-0.25, -0.2) is 4.79 Å². The van der Waals surface area contributed by atoms with Crippen LogP contribution in [0.3, 0.4) is 0 Å². The first-order valence-corrected chi connectivity index (χ1v) is 10.7. The first-order valence-electron chi connectivity index (χ1n) is 10.7. The molecule has 0 amide bonds. The molecule has 0 aromatic heterocycles. The number of hydrogen-bond acceptors (Lipinski definition) is 5. The summed E-state index contributed by atoms with van der Waals surface area (Å²) in [5.41, 5.74) is 0. The number of carbonyl (C=O) groups is 3. The second-order valence-corrected chi connectivity index (χ2v) is 7.42. The summed E-state index contributed by atoms with van der Waals surface area (Å²) < 4.78 is 4.63. The van der Waals surface area contributed by atoms with Gasteiger partial charge in [-0.2, -0.15) is 0 Å². The summed E-state index contributed by atoms with van der Waals surface area (Å²) in [4.78, 5) is 35.2. The van der Waals surface area contributed by atoms with Crippen molar-refractivity contribution in [3.8, 4) is 0 Å². The maximum absolute atomic E-state index is 12.2. The van der Waals surface area contributed by atoms with Crippen LogP contribution in [0.1, 0.15) is 78.1 Å². The minimum Gasteiger partial charge on any atom is -0.464 e. The Morgan fingerprint density at radius 1 is 1.14 bits per heavy atom. The van der Waals surface area contributed by atoms with Gasteiger partial charge in [0.15, 0.2) is 5.78 Å². The van der Waals surface area contributed by atoms with Crippen LogP contribution in [0, 0.1) is 11.8 Å². The molecule has 158 valence electrons. The SMILES string of the molecule is CCCCCCC=C[C@H]1CCC(=O)[C@@H]1CC=CCCC(=O)C(O)C(=O)OCC. The third kappa shape index (κ3) is 8.96. The Bertz CT molecular complexity index is 549. The molecular weight excluding hydrogens is 356 g/mol. The first kappa shape index (κ1) is 24.3. The summed E-state index contributed by atoms with van der Waals surface area (Å²) >= 11 is 0. The predicted octanol–water partition coefficient (Wildman–Crippen LogP) is 4.33. The normalized spacial score (nSPS) is 20.9. The zero-order valence-electron chi connectivity index (χ0n) is 17.4. The summed E-state index contributed by atoms with van der Waals surface area (Å²) in [6, 6.07) is 0. The number of unbranched alkanes of at least 4 members (excludes halogenated alkanes) is 4. The van der Waals surface area contributed by atoms with Crippen LogP contribution >= 0.6 is 0 Å². The van der Waals surface area contributed by atoms with Gasteiger partial charge in [-0.3, -0.25) is 9.59 Å². The highest BCUT2D eigenvalue weighted by Gasteiger charge is 2.31. The fourth-order valence-corrected chi connectivity index (χ4v) is 3.51. The molecule has 5 nitrogen and oxygen atoms in total. The van der Waals surface area contributed by atoms with Crippen LogP contribution in [0.15, 0.2) is 24.3 Å². The van der Waals surface area contributed by atoms with Crippen LogP contribution < -0.4 is 0 Å². The van der Waals surface area contributed by atoms with Gasteiger partial charge in [-0.15, -0.1) is 0 Å². The van der Waals surface area contributed by atoms with E-state index in [1.54, 1.807) is 6.92 Å². The van der Waals surface area contributed by atoms with E-state index in [0.29, 0.717) is 31.0 Å². The maximum Gasteiger partial charge on any atom is 0.342 e. The highest BCUT2D eigenvalue weighted by Crippen LogP contribution is 2.33. The molecule has 0 aromatic rings. The van der Waals surface area contributed by atoms with Crippen molar-refractivity contribution in [2.45, 2.75) is 84.2 Å². The van der Waals surface area contributed by atoms with Crippen molar-refractivity contribution in [2.75, 3.05) is 6.61 Å². The number of Topliss-reactive ketones (excluding diaryl/α,β-unsaturated/α-hetero) is 2. The van der Waals surface area contributed by atoms with Crippen LogP contribution in [-0.2, 0) is 19.1 Å². The molecule has 1 unspecified atom stereocenters. The van der Waals surface area contributed by atoms with E-state index in [-0.39, 0.29) is 18.9 Å². The summed E-state index contributed by atoms with van der Waals surface area (Å²) in [6.07, 6.45) is 15.4. The van der Waals surface area contributed by atoms with Crippen molar-refractivity contribution in [1.82, 2.24) is 0 Å². The van der Waals surface area contributed by atoms with E-state index < -0.39 is 17.9 Å². The summed E-state index contributed by atoms with van der Waals surface area (Å²) in [5, 5.41) is 9.57. The number of aliphatic hydroxyl groups excluding tert-OH is 1. The second-order valence-electron chi connectivity index (χ2n) is 7.42. The smallest absolute Gasteiger partial charge is 0.342 e. The van der Waals surface area contributed by atoms with Crippen molar-refractivity contribution in [2.24, 2.45) is 11.8 Å². The van der Waals surface area contributed by atoms with Crippen LogP contribution in [-0.4, -0.2) is 35.4 Å². The lowest BCUT2D eigenvalue weighted by atomic mass is 9.91. The lowest BCUT2D eigenvalue weighted by Crippen LogP contribution is -2.31. The van der Waals surface area contributed by atoms with Crippen LogP contribution in [0.25, 0.3) is 0 Å². The van der Waals surface area contributed by atoms with Gasteiger partial charge in [0.25, 0.3) is 0 Å².